The summed E-state index contributed by atoms with van der Waals surface area (Å²) < 4.78 is 28.4. The van der Waals surface area contributed by atoms with Gasteiger partial charge < -0.3 is 5.32 Å². The van der Waals surface area contributed by atoms with Crippen molar-refractivity contribution in [1.29, 1.82) is 0 Å². The van der Waals surface area contributed by atoms with Crippen LogP contribution in [0.3, 0.4) is 0 Å². The fraction of sp³-hybridized carbons (Fsp3) is 0.480. The van der Waals surface area contributed by atoms with E-state index in [9.17, 15) is 13.2 Å². The summed E-state index contributed by atoms with van der Waals surface area (Å²) in [5.74, 6) is 1.74. The van der Waals surface area contributed by atoms with Crippen LogP contribution in [0.2, 0.25) is 10.0 Å². The van der Waals surface area contributed by atoms with Gasteiger partial charge in [0.2, 0.25) is 5.91 Å². The average Bonchev–Trinajstić information content (AvgIpc) is 2.70. The lowest BCUT2D eigenvalue weighted by Gasteiger charge is -2.57. The van der Waals surface area contributed by atoms with Gasteiger partial charge in [-0.25, -0.2) is 8.42 Å². The van der Waals surface area contributed by atoms with Crippen LogP contribution in [0.5, 0.6) is 0 Å². The van der Waals surface area contributed by atoms with Crippen molar-refractivity contribution in [2.45, 2.75) is 55.9 Å². The van der Waals surface area contributed by atoms with Crippen LogP contribution in [0.1, 0.15) is 44.1 Å². The van der Waals surface area contributed by atoms with E-state index in [1.807, 2.05) is 6.92 Å². The normalized spacial score (nSPS) is 28.0. The van der Waals surface area contributed by atoms with Gasteiger partial charge in [-0.05, 0) is 93.5 Å². The van der Waals surface area contributed by atoms with E-state index in [-0.39, 0.29) is 28.6 Å². The molecular weight excluding hydrogens is 479 g/mol. The van der Waals surface area contributed by atoms with Crippen molar-refractivity contribution in [3.05, 3.63) is 58.1 Å². The molecule has 0 aromatic heterocycles. The Balaban J connectivity index is 1.44. The number of nitrogens with zero attached hydrogens (tertiary/aromatic N) is 1. The Bertz CT molecular complexity index is 1130. The van der Waals surface area contributed by atoms with Crippen molar-refractivity contribution in [3.8, 4) is 0 Å². The molecule has 2 aromatic rings. The van der Waals surface area contributed by atoms with E-state index >= 15 is 0 Å². The first-order chi connectivity index (χ1) is 15.6. The van der Waals surface area contributed by atoms with Crippen LogP contribution in [0, 0.1) is 24.7 Å². The molecule has 0 atom stereocenters. The summed E-state index contributed by atoms with van der Waals surface area (Å²) in [6.07, 6.45) is 6.80. The predicted molar refractivity (Wildman–Crippen MR) is 131 cm³/mol. The predicted octanol–water partition coefficient (Wildman–Crippen LogP) is 5.58. The van der Waals surface area contributed by atoms with Gasteiger partial charge in [0, 0.05) is 15.6 Å². The number of halogens is 2. The smallest absolute Gasteiger partial charge is 0.264 e. The molecule has 4 fully saturated rings. The highest BCUT2D eigenvalue weighted by atomic mass is 35.5. The molecule has 1 amide bonds. The number of sulfonamides is 1. The number of rotatable bonds is 6. The van der Waals surface area contributed by atoms with E-state index in [0.717, 1.165) is 29.1 Å². The molecule has 176 valence electrons. The number of benzene rings is 2. The number of amides is 1. The molecule has 2 aromatic carbocycles. The minimum absolute atomic E-state index is 0.117. The Morgan fingerprint density at radius 1 is 0.970 bits per heavy atom. The number of hydrogen-bond donors (Lipinski definition) is 1. The summed E-state index contributed by atoms with van der Waals surface area (Å²) in [6.45, 7) is 1.57. The van der Waals surface area contributed by atoms with E-state index in [1.165, 1.54) is 31.4 Å². The first-order valence-electron chi connectivity index (χ1n) is 11.5. The lowest BCUT2D eigenvalue weighted by molar-refractivity contribution is -0.125. The van der Waals surface area contributed by atoms with Crippen LogP contribution in [0.25, 0.3) is 0 Å². The minimum atomic E-state index is -4.01. The molecular formula is C25H28Cl2N2O3S. The highest BCUT2D eigenvalue weighted by Crippen LogP contribution is 2.55. The molecule has 0 saturated heterocycles. The number of nitrogens with one attached hydrogen (secondary N) is 1. The number of carbonyl (C=O) groups is 1. The van der Waals surface area contributed by atoms with Gasteiger partial charge in [0.25, 0.3) is 10.0 Å². The molecule has 4 saturated carbocycles. The summed E-state index contributed by atoms with van der Waals surface area (Å²) in [7, 11) is -4.01. The standard InChI is InChI=1S/C25H28Cl2N2O3S/c1-16-2-4-23(5-3-16)33(31,32)29(22-10-20(26)9-21(27)11-22)15-24(30)28-25-12-17-6-18(13-25)8-19(7-17)14-25/h2-5,9-11,17-19H,6-8,12-15H2,1H3,(H,28,30). The van der Waals surface area contributed by atoms with Gasteiger partial charge in [-0.1, -0.05) is 40.9 Å². The van der Waals surface area contributed by atoms with E-state index in [1.54, 1.807) is 30.3 Å². The maximum atomic E-state index is 13.6. The summed E-state index contributed by atoms with van der Waals surface area (Å²) in [5, 5.41) is 3.89. The minimum Gasteiger partial charge on any atom is -0.349 e. The number of carbonyl (C=O) groups excluding carboxylic acids is 1. The second kappa shape index (κ2) is 8.47. The lowest BCUT2D eigenvalue weighted by Crippen LogP contribution is -2.61. The fourth-order valence-electron chi connectivity index (χ4n) is 6.57. The third kappa shape index (κ3) is 4.62. The van der Waals surface area contributed by atoms with Crippen LogP contribution in [-0.4, -0.2) is 26.4 Å². The fourth-order valence-corrected chi connectivity index (χ4v) is 8.48. The molecule has 4 aliphatic rings. The van der Waals surface area contributed by atoms with Crippen molar-refractivity contribution in [1.82, 2.24) is 5.32 Å². The molecule has 8 heteroatoms. The van der Waals surface area contributed by atoms with E-state index in [2.05, 4.69) is 5.32 Å². The summed E-state index contributed by atoms with van der Waals surface area (Å²) in [6, 6.07) is 11.2. The summed E-state index contributed by atoms with van der Waals surface area (Å²) >= 11 is 12.4. The molecule has 0 unspecified atom stereocenters. The van der Waals surface area contributed by atoms with E-state index in [0.29, 0.717) is 27.8 Å². The second-order valence-electron chi connectivity index (χ2n) is 10.2. The van der Waals surface area contributed by atoms with E-state index in [4.69, 9.17) is 23.2 Å². The molecule has 33 heavy (non-hydrogen) atoms. The largest absolute Gasteiger partial charge is 0.349 e. The molecule has 1 N–H and O–H groups in total. The Kier molecular flexibility index (Phi) is 5.91. The first-order valence-corrected chi connectivity index (χ1v) is 13.7. The Morgan fingerprint density at radius 2 is 1.48 bits per heavy atom. The lowest BCUT2D eigenvalue weighted by atomic mass is 9.53. The third-order valence-corrected chi connectivity index (χ3v) is 9.70. The van der Waals surface area contributed by atoms with Gasteiger partial charge in [0.15, 0.2) is 0 Å². The SMILES string of the molecule is Cc1ccc(S(=O)(=O)N(CC(=O)NC23CC4CC(CC(C4)C2)C3)c2cc(Cl)cc(Cl)c2)cc1. The number of anilines is 1. The topological polar surface area (TPSA) is 66.5 Å². The molecule has 0 heterocycles. The third-order valence-electron chi connectivity index (χ3n) is 7.47. The van der Waals surface area contributed by atoms with Gasteiger partial charge >= 0.3 is 0 Å². The highest BCUT2D eigenvalue weighted by molar-refractivity contribution is 7.92. The monoisotopic (exact) mass is 506 g/mol. The van der Waals surface area contributed by atoms with Crippen molar-refractivity contribution in [2.75, 3.05) is 10.8 Å². The van der Waals surface area contributed by atoms with Gasteiger partial charge in [0.05, 0.1) is 10.6 Å². The van der Waals surface area contributed by atoms with Crippen LogP contribution < -0.4 is 9.62 Å². The highest BCUT2D eigenvalue weighted by Gasteiger charge is 2.51. The van der Waals surface area contributed by atoms with Crippen molar-refractivity contribution in [3.63, 3.8) is 0 Å². The van der Waals surface area contributed by atoms with Gasteiger partial charge in [-0.2, -0.15) is 0 Å². The van der Waals surface area contributed by atoms with Gasteiger partial charge in [-0.3, -0.25) is 9.10 Å². The molecule has 6 rings (SSSR count). The Morgan fingerprint density at radius 3 is 2.00 bits per heavy atom. The number of aryl methyl sites for hydroxylation is 1. The number of hydrogen-bond acceptors (Lipinski definition) is 3. The quantitative estimate of drug-likeness (QED) is 0.555. The van der Waals surface area contributed by atoms with E-state index < -0.39 is 10.0 Å². The first kappa shape index (κ1) is 23.0. The Hall–Kier alpha value is -1.76. The second-order valence-corrected chi connectivity index (χ2v) is 12.9. The molecule has 4 bridgehead atoms. The van der Waals surface area contributed by atoms with Crippen molar-refractivity contribution >= 4 is 44.8 Å². The van der Waals surface area contributed by atoms with Crippen molar-refractivity contribution in [2.24, 2.45) is 17.8 Å². The van der Waals surface area contributed by atoms with Gasteiger partial charge in [0.1, 0.15) is 6.54 Å². The maximum Gasteiger partial charge on any atom is 0.264 e. The van der Waals surface area contributed by atoms with Gasteiger partial charge in [-0.15, -0.1) is 0 Å². The molecule has 4 aliphatic carbocycles. The summed E-state index contributed by atoms with van der Waals surface area (Å²) in [4.78, 5) is 13.4. The molecule has 0 radical (unpaired) electrons. The Labute approximate surface area is 205 Å². The molecule has 5 nitrogen and oxygen atoms in total. The summed E-state index contributed by atoms with van der Waals surface area (Å²) in [5.41, 5.74) is 1.02. The van der Waals surface area contributed by atoms with Crippen LogP contribution in [-0.2, 0) is 14.8 Å². The van der Waals surface area contributed by atoms with Crippen LogP contribution >= 0.6 is 23.2 Å². The van der Waals surface area contributed by atoms with Crippen molar-refractivity contribution < 1.29 is 13.2 Å². The molecule has 0 aliphatic heterocycles. The van der Waals surface area contributed by atoms with Crippen LogP contribution in [0.4, 0.5) is 5.69 Å². The average molecular weight is 507 g/mol. The zero-order valence-electron chi connectivity index (χ0n) is 18.6. The van der Waals surface area contributed by atoms with Crippen LogP contribution in [0.15, 0.2) is 47.4 Å². The zero-order chi connectivity index (χ0) is 23.4. The molecule has 0 spiro atoms. The zero-order valence-corrected chi connectivity index (χ0v) is 20.9. The maximum absolute atomic E-state index is 13.6.